The predicted octanol–water partition coefficient (Wildman–Crippen LogP) is 2.29. The van der Waals surface area contributed by atoms with Crippen LogP contribution in [0.5, 0.6) is 0 Å². The quantitative estimate of drug-likeness (QED) is 0.787. The number of nitrogens with one attached hydrogen (secondary N) is 1. The van der Waals surface area contributed by atoms with E-state index < -0.39 is 0 Å². The lowest BCUT2D eigenvalue weighted by molar-refractivity contribution is 0.699. The van der Waals surface area contributed by atoms with E-state index in [0.29, 0.717) is 6.42 Å². The average molecular weight is 229 g/mol. The lowest BCUT2D eigenvalue weighted by Crippen LogP contribution is -2.18. The van der Waals surface area contributed by atoms with Crippen molar-refractivity contribution in [1.82, 2.24) is 5.32 Å². The first kappa shape index (κ1) is 11.9. The fourth-order valence-corrected chi connectivity index (χ4v) is 2.18. The Hall–Kier alpha value is -1.53. The number of hydrogen-bond donors (Lipinski definition) is 1. The molecule has 17 heavy (non-hydrogen) atoms. The van der Waals surface area contributed by atoms with E-state index in [2.05, 4.69) is 40.6 Å². The van der Waals surface area contributed by atoms with Crippen LogP contribution in [0.4, 0.5) is 5.69 Å². The SMILES string of the molecule is N#CCCNCc1ccc(N2CCCC2)cc1. The van der Waals surface area contributed by atoms with Crippen LogP contribution in [0, 0.1) is 11.3 Å². The van der Waals surface area contributed by atoms with Crippen LogP contribution in [0.25, 0.3) is 0 Å². The standard InChI is InChI=1S/C14H19N3/c15-8-3-9-16-12-13-4-6-14(7-5-13)17-10-1-2-11-17/h4-7,16H,1-3,9-12H2. The second-order valence-corrected chi connectivity index (χ2v) is 4.45. The summed E-state index contributed by atoms with van der Waals surface area (Å²) in [6.45, 7) is 4.01. The van der Waals surface area contributed by atoms with E-state index in [-0.39, 0.29) is 0 Å². The molecule has 1 aliphatic heterocycles. The maximum Gasteiger partial charge on any atom is 0.0635 e. The number of hydrogen-bond acceptors (Lipinski definition) is 3. The van der Waals surface area contributed by atoms with Crippen molar-refractivity contribution < 1.29 is 0 Å². The molecule has 1 saturated heterocycles. The van der Waals surface area contributed by atoms with Crippen molar-refractivity contribution in [2.45, 2.75) is 25.8 Å². The Balaban J connectivity index is 1.83. The zero-order valence-electron chi connectivity index (χ0n) is 10.2. The van der Waals surface area contributed by atoms with Crippen molar-refractivity contribution in [3.63, 3.8) is 0 Å². The first-order valence-corrected chi connectivity index (χ1v) is 6.32. The smallest absolute Gasteiger partial charge is 0.0635 e. The first-order valence-electron chi connectivity index (χ1n) is 6.32. The van der Waals surface area contributed by atoms with E-state index >= 15 is 0 Å². The second-order valence-electron chi connectivity index (χ2n) is 4.45. The van der Waals surface area contributed by atoms with Gasteiger partial charge in [0.05, 0.1) is 6.07 Å². The molecular weight excluding hydrogens is 210 g/mol. The number of nitriles is 1. The van der Waals surface area contributed by atoms with Crippen LogP contribution in [0.15, 0.2) is 24.3 Å². The van der Waals surface area contributed by atoms with Gasteiger partial charge >= 0.3 is 0 Å². The van der Waals surface area contributed by atoms with Gasteiger partial charge in [0.15, 0.2) is 0 Å². The molecule has 0 aromatic heterocycles. The molecule has 1 aliphatic rings. The molecule has 2 rings (SSSR count). The molecule has 3 heteroatoms. The molecule has 90 valence electrons. The normalized spacial score (nSPS) is 14.9. The van der Waals surface area contributed by atoms with E-state index in [0.717, 1.165) is 13.1 Å². The third-order valence-corrected chi connectivity index (χ3v) is 3.15. The zero-order chi connectivity index (χ0) is 11.9. The maximum absolute atomic E-state index is 8.43. The van der Waals surface area contributed by atoms with Gasteiger partial charge in [0.2, 0.25) is 0 Å². The van der Waals surface area contributed by atoms with Crippen LogP contribution in [0.2, 0.25) is 0 Å². The predicted molar refractivity (Wildman–Crippen MR) is 69.8 cm³/mol. The highest BCUT2D eigenvalue weighted by molar-refractivity contribution is 5.48. The van der Waals surface area contributed by atoms with Gasteiger partial charge in [-0.15, -0.1) is 0 Å². The van der Waals surface area contributed by atoms with E-state index in [4.69, 9.17) is 5.26 Å². The third kappa shape index (κ3) is 3.47. The highest BCUT2D eigenvalue weighted by atomic mass is 15.1. The largest absolute Gasteiger partial charge is 0.372 e. The summed E-state index contributed by atoms with van der Waals surface area (Å²) in [5, 5.41) is 11.7. The second kappa shape index (κ2) is 6.27. The minimum absolute atomic E-state index is 0.575. The van der Waals surface area contributed by atoms with Crippen molar-refractivity contribution in [2.75, 3.05) is 24.5 Å². The Labute approximate surface area is 103 Å². The van der Waals surface area contributed by atoms with Crippen molar-refractivity contribution in [1.29, 1.82) is 5.26 Å². The number of anilines is 1. The Kier molecular flexibility index (Phi) is 4.40. The molecule has 0 unspecified atom stereocenters. The van der Waals surface area contributed by atoms with Gasteiger partial charge in [-0.25, -0.2) is 0 Å². The Bertz CT molecular complexity index is 371. The molecule has 0 bridgehead atoms. The fourth-order valence-electron chi connectivity index (χ4n) is 2.18. The van der Waals surface area contributed by atoms with Crippen molar-refractivity contribution in [3.8, 4) is 6.07 Å². The summed E-state index contributed by atoms with van der Waals surface area (Å²) in [4.78, 5) is 2.44. The highest BCUT2D eigenvalue weighted by Crippen LogP contribution is 2.20. The lowest BCUT2D eigenvalue weighted by Gasteiger charge is -2.17. The van der Waals surface area contributed by atoms with Crippen molar-refractivity contribution in [2.24, 2.45) is 0 Å². The van der Waals surface area contributed by atoms with E-state index in [1.807, 2.05) is 0 Å². The first-order chi connectivity index (χ1) is 8.40. The molecule has 3 nitrogen and oxygen atoms in total. The molecule has 0 atom stereocenters. The molecule has 0 saturated carbocycles. The Morgan fingerprint density at radius 1 is 1.18 bits per heavy atom. The van der Waals surface area contributed by atoms with Crippen LogP contribution in [-0.2, 0) is 6.54 Å². The molecule has 1 aromatic rings. The van der Waals surface area contributed by atoms with Crippen molar-refractivity contribution in [3.05, 3.63) is 29.8 Å². The summed E-state index contributed by atoms with van der Waals surface area (Å²) < 4.78 is 0. The molecule has 1 aromatic carbocycles. The monoisotopic (exact) mass is 229 g/mol. The van der Waals surface area contributed by atoms with Crippen molar-refractivity contribution >= 4 is 5.69 Å². The fraction of sp³-hybridized carbons (Fsp3) is 0.500. The molecule has 1 heterocycles. The van der Waals surface area contributed by atoms with Gasteiger partial charge in [0.25, 0.3) is 0 Å². The van der Waals surface area contributed by atoms with E-state index in [1.54, 1.807) is 0 Å². The summed E-state index contributed by atoms with van der Waals surface area (Å²) in [5.41, 5.74) is 2.62. The van der Waals surface area contributed by atoms with Crippen LogP contribution >= 0.6 is 0 Å². The number of benzene rings is 1. The number of nitrogens with zero attached hydrogens (tertiary/aromatic N) is 2. The summed E-state index contributed by atoms with van der Waals surface area (Å²) in [6, 6.07) is 10.9. The molecule has 1 fully saturated rings. The van der Waals surface area contributed by atoms with E-state index in [9.17, 15) is 0 Å². The molecule has 0 amide bonds. The van der Waals surface area contributed by atoms with Gasteiger partial charge in [0.1, 0.15) is 0 Å². The Morgan fingerprint density at radius 3 is 2.53 bits per heavy atom. The lowest BCUT2D eigenvalue weighted by atomic mass is 10.2. The third-order valence-electron chi connectivity index (χ3n) is 3.15. The molecule has 0 spiro atoms. The average Bonchev–Trinajstić information content (AvgIpc) is 2.89. The Morgan fingerprint density at radius 2 is 1.88 bits per heavy atom. The molecule has 1 N–H and O–H groups in total. The maximum atomic E-state index is 8.43. The number of rotatable bonds is 5. The molecular formula is C14H19N3. The van der Waals surface area contributed by atoms with Gasteiger partial charge < -0.3 is 10.2 Å². The molecule has 0 aliphatic carbocycles. The summed E-state index contributed by atoms with van der Waals surface area (Å²) in [6.07, 6.45) is 3.21. The van der Waals surface area contributed by atoms with Crippen LogP contribution < -0.4 is 10.2 Å². The van der Waals surface area contributed by atoms with Gasteiger partial charge in [-0.1, -0.05) is 12.1 Å². The minimum atomic E-state index is 0.575. The van der Waals surface area contributed by atoms with Crippen LogP contribution in [0.3, 0.4) is 0 Å². The topological polar surface area (TPSA) is 39.1 Å². The summed E-state index contributed by atoms with van der Waals surface area (Å²) in [7, 11) is 0. The van der Waals surface area contributed by atoms with Gasteiger partial charge in [0, 0.05) is 38.3 Å². The van der Waals surface area contributed by atoms with Gasteiger partial charge in [-0.3, -0.25) is 0 Å². The zero-order valence-corrected chi connectivity index (χ0v) is 10.2. The van der Waals surface area contributed by atoms with Gasteiger partial charge in [-0.2, -0.15) is 5.26 Å². The van der Waals surface area contributed by atoms with E-state index in [1.165, 1.54) is 37.2 Å². The summed E-state index contributed by atoms with van der Waals surface area (Å²) >= 11 is 0. The van der Waals surface area contributed by atoms with Crippen LogP contribution in [-0.4, -0.2) is 19.6 Å². The summed E-state index contributed by atoms with van der Waals surface area (Å²) in [5.74, 6) is 0. The molecule has 0 radical (unpaired) electrons. The van der Waals surface area contributed by atoms with Crippen LogP contribution in [0.1, 0.15) is 24.8 Å². The highest BCUT2D eigenvalue weighted by Gasteiger charge is 2.11. The minimum Gasteiger partial charge on any atom is -0.372 e. The van der Waals surface area contributed by atoms with Gasteiger partial charge in [-0.05, 0) is 30.5 Å².